The second kappa shape index (κ2) is 8.58. The predicted molar refractivity (Wildman–Crippen MR) is 123 cm³/mol. The van der Waals surface area contributed by atoms with E-state index in [0.29, 0.717) is 13.1 Å². The van der Waals surface area contributed by atoms with Crippen LogP contribution in [0.2, 0.25) is 0 Å². The van der Waals surface area contributed by atoms with E-state index in [1.165, 1.54) is 10.9 Å². The number of nitrogens with zero attached hydrogens (tertiary/aromatic N) is 2. The average Bonchev–Trinajstić information content (AvgIpc) is 2.74. The lowest BCUT2D eigenvalue weighted by Gasteiger charge is -2.33. The van der Waals surface area contributed by atoms with Gasteiger partial charge in [-0.15, -0.1) is 0 Å². The molecule has 0 bridgehead atoms. The van der Waals surface area contributed by atoms with Crippen LogP contribution in [0.15, 0.2) is 54.7 Å². The fourth-order valence-electron chi connectivity index (χ4n) is 3.86. The Hall–Kier alpha value is -3.08. The molecule has 3 aromatic rings. The number of pyridine rings is 1. The molecule has 1 aromatic heterocycles. The standard InChI is InChI=1S/C26H30N2O3/c1-18-6-5-7-24-23(18)16-20(17-27-24)19-8-10-21(11-9-19)30-22-12-14-28(15-13-22)25(29)31-26(2,3)4/h5-11,16-17,22H,12-15H2,1-4H3. The molecule has 0 saturated carbocycles. The molecule has 1 saturated heterocycles. The van der Waals surface area contributed by atoms with E-state index in [-0.39, 0.29) is 12.2 Å². The van der Waals surface area contributed by atoms with Gasteiger partial charge in [0.2, 0.25) is 0 Å². The van der Waals surface area contributed by atoms with E-state index in [2.05, 4.69) is 36.2 Å². The van der Waals surface area contributed by atoms with Gasteiger partial charge >= 0.3 is 6.09 Å². The summed E-state index contributed by atoms with van der Waals surface area (Å²) in [5.74, 6) is 0.851. The molecule has 1 aliphatic rings. The Kier molecular flexibility index (Phi) is 5.86. The fourth-order valence-corrected chi connectivity index (χ4v) is 3.86. The summed E-state index contributed by atoms with van der Waals surface area (Å²) >= 11 is 0. The van der Waals surface area contributed by atoms with Gasteiger partial charge in [0.25, 0.3) is 0 Å². The Balaban J connectivity index is 1.37. The Morgan fingerprint density at radius 2 is 1.74 bits per heavy atom. The van der Waals surface area contributed by atoms with Crippen LogP contribution in [-0.2, 0) is 4.74 Å². The normalized spacial score (nSPS) is 15.2. The third-order valence-corrected chi connectivity index (χ3v) is 5.53. The topological polar surface area (TPSA) is 51.7 Å². The van der Waals surface area contributed by atoms with Crippen LogP contribution in [0.25, 0.3) is 22.0 Å². The SMILES string of the molecule is Cc1cccc2ncc(-c3ccc(OC4CCN(C(=O)OC(C)(C)C)CC4)cc3)cc12. The van der Waals surface area contributed by atoms with Crippen LogP contribution >= 0.6 is 0 Å². The van der Waals surface area contributed by atoms with Crippen LogP contribution in [0, 0.1) is 6.92 Å². The maximum absolute atomic E-state index is 12.2. The number of carbonyl (C=O) groups is 1. The number of rotatable bonds is 3. The van der Waals surface area contributed by atoms with Gasteiger partial charge in [-0.05, 0) is 63.1 Å². The number of likely N-dealkylation sites (tertiary alicyclic amines) is 1. The van der Waals surface area contributed by atoms with E-state index >= 15 is 0 Å². The lowest BCUT2D eigenvalue weighted by Crippen LogP contribution is -2.44. The van der Waals surface area contributed by atoms with Gasteiger partial charge in [-0.2, -0.15) is 0 Å². The van der Waals surface area contributed by atoms with Crippen LogP contribution in [0.5, 0.6) is 5.75 Å². The maximum Gasteiger partial charge on any atom is 0.410 e. The number of ether oxygens (including phenoxy) is 2. The van der Waals surface area contributed by atoms with Crippen molar-refractivity contribution in [2.24, 2.45) is 0 Å². The summed E-state index contributed by atoms with van der Waals surface area (Å²) in [4.78, 5) is 18.6. The second-order valence-corrected chi connectivity index (χ2v) is 9.17. The lowest BCUT2D eigenvalue weighted by atomic mass is 10.0. The molecule has 4 rings (SSSR count). The van der Waals surface area contributed by atoms with E-state index in [1.54, 1.807) is 4.90 Å². The van der Waals surface area contributed by atoms with Crippen molar-refractivity contribution < 1.29 is 14.3 Å². The molecule has 1 fully saturated rings. The number of carbonyl (C=O) groups excluding carboxylic acids is 1. The predicted octanol–water partition coefficient (Wildman–Crippen LogP) is 5.99. The average molecular weight is 419 g/mol. The molecule has 5 nitrogen and oxygen atoms in total. The molecule has 0 N–H and O–H groups in total. The van der Waals surface area contributed by atoms with Crippen LogP contribution in [-0.4, -0.2) is 40.8 Å². The first-order valence-corrected chi connectivity index (χ1v) is 10.9. The van der Waals surface area contributed by atoms with Gasteiger partial charge in [-0.3, -0.25) is 4.98 Å². The first-order chi connectivity index (χ1) is 14.8. The van der Waals surface area contributed by atoms with Crippen LogP contribution in [0.1, 0.15) is 39.2 Å². The molecule has 0 unspecified atom stereocenters. The van der Waals surface area contributed by atoms with Crippen molar-refractivity contribution in [1.82, 2.24) is 9.88 Å². The van der Waals surface area contributed by atoms with E-state index in [4.69, 9.17) is 9.47 Å². The van der Waals surface area contributed by atoms with Crippen molar-refractivity contribution in [3.63, 3.8) is 0 Å². The van der Waals surface area contributed by atoms with Crippen LogP contribution in [0.4, 0.5) is 4.79 Å². The molecule has 0 atom stereocenters. The highest BCUT2D eigenvalue weighted by molar-refractivity contribution is 5.86. The minimum absolute atomic E-state index is 0.106. The Bertz CT molecular complexity index is 1060. The molecule has 1 aliphatic heterocycles. The van der Waals surface area contributed by atoms with Gasteiger partial charge in [-0.1, -0.05) is 24.3 Å². The fraction of sp³-hybridized carbons (Fsp3) is 0.385. The number of benzene rings is 2. The zero-order chi connectivity index (χ0) is 22.0. The third-order valence-electron chi connectivity index (χ3n) is 5.53. The molecule has 162 valence electrons. The summed E-state index contributed by atoms with van der Waals surface area (Å²) in [6.45, 7) is 9.08. The monoisotopic (exact) mass is 418 g/mol. The number of hydrogen-bond donors (Lipinski definition) is 0. The Labute approximate surface area is 184 Å². The van der Waals surface area contributed by atoms with E-state index in [1.807, 2.05) is 51.2 Å². The van der Waals surface area contributed by atoms with Crippen molar-refractivity contribution in [3.8, 4) is 16.9 Å². The molecule has 0 aliphatic carbocycles. The van der Waals surface area contributed by atoms with Crippen molar-refractivity contribution in [2.45, 2.75) is 52.2 Å². The zero-order valence-corrected chi connectivity index (χ0v) is 18.7. The summed E-state index contributed by atoms with van der Waals surface area (Å²) in [6, 6.07) is 16.6. The van der Waals surface area contributed by atoms with Crippen LogP contribution in [0.3, 0.4) is 0 Å². The van der Waals surface area contributed by atoms with Crippen LogP contribution < -0.4 is 4.74 Å². The second-order valence-electron chi connectivity index (χ2n) is 9.17. The summed E-state index contributed by atoms with van der Waals surface area (Å²) in [5.41, 5.74) is 3.99. The first kappa shape index (κ1) is 21.2. The van der Waals surface area contributed by atoms with Crippen molar-refractivity contribution in [1.29, 1.82) is 0 Å². The molecule has 2 heterocycles. The molecule has 31 heavy (non-hydrogen) atoms. The smallest absolute Gasteiger partial charge is 0.410 e. The summed E-state index contributed by atoms with van der Waals surface area (Å²) in [5, 5.41) is 1.18. The number of amides is 1. The minimum atomic E-state index is -0.467. The Morgan fingerprint density at radius 1 is 1.03 bits per heavy atom. The zero-order valence-electron chi connectivity index (χ0n) is 18.7. The molecule has 5 heteroatoms. The molecule has 0 radical (unpaired) electrons. The van der Waals surface area contributed by atoms with E-state index in [0.717, 1.165) is 35.2 Å². The maximum atomic E-state index is 12.2. The van der Waals surface area contributed by atoms with Crippen molar-refractivity contribution in [3.05, 3.63) is 60.3 Å². The molecule has 0 spiro atoms. The van der Waals surface area contributed by atoms with Gasteiger partial charge in [0.05, 0.1) is 5.52 Å². The van der Waals surface area contributed by atoms with Gasteiger partial charge in [-0.25, -0.2) is 4.79 Å². The van der Waals surface area contributed by atoms with Gasteiger partial charge in [0.15, 0.2) is 0 Å². The van der Waals surface area contributed by atoms with Crippen molar-refractivity contribution >= 4 is 17.0 Å². The molecule has 2 aromatic carbocycles. The molecular weight excluding hydrogens is 388 g/mol. The summed E-state index contributed by atoms with van der Waals surface area (Å²) in [6.07, 6.45) is 3.39. The number of aromatic nitrogens is 1. The van der Waals surface area contributed by atoms with E-state index < -0.39 is 5.60 Å². The highest BCUT2D eigenvalue weighted by atomic mass is 16.6. The van der Waals surface area contributed by atoms with Crippen molar-refractivity contribution in [2.75, 3.05) is 13.1 Å². The highest BCUT2D eigenvalue weighted by Crippen LogP contribution is 2.27. The Morgan fingerprint density at radius 3 is 2.42 bits per heavy atom. The molecule has 1 amide bonds. The van der Waals surface area contributed by atoms with Gasteiger partial charge < -0.3 is 14.4 Å². The summed E-state index contributed by atoms with van der Waals surface area (Å²) < 4.78 is 11.6. The summed E-state index contributed by atoms with van der Waals surface area (Å²) in [7, 11) is 0. The third kappa shape index (κ3) is 5.16. The number of aryl methyl sites for hydroxylation is 1. The van der Waals surface area contributed by atoms with Gasteiger partial charge in [0.1, 0.15) is 17.5 Å². The number of fused-ring (bicyclic) bond motifs is 1. The number of piperidine rings is 1. The quantitative estimate of drug-likeness (QED) is 0.524. The minimum Gasteiger partial charge on any atom is -0.490 e. The lowest BCUT2D eigenvalue weighted by molar-refractivity contribution is 0.0126. The van der Waals surface area contributed by atoms with Gasteiger partial charge in [0, 0.05) is 43.1 Å². The largest absolute Gasteiger partial charge is 0.490 e. The first-order valence-electron chi connectivity index (χ1n) is 10.9. The number of hydrogen-bond acceptors (Lipinski definition) is 4. The molecular formula is C26H30N2O3. The van der Waals surface area contributed by atoms with E-state index in [9.17, 15) is 4.79 Å². The highest BCUT2D eigenvalue weighted by Gasteiger charge is 2.27.